The fourth-order valence-corrected chi connectivity index (χ4v) is 2.57. The Kier molecular flexibility index (Phi) is 4.84. The standard InChI is InChI=1S/C18H16N4O5/c1-10(11-3-5-12(6-4-11)17(26)27-2)20-15(23)13-9-14(16(24)25)22-8-7-19-18(22)21-13/h3-10H,1-2H3,(H,20,23)(H,24,25)/t10-/m1/s1. The molecular formula is C18H16N4O5. The lowest BCUT2D eigenvalue weighted by Gasteiger charge is -2.15. The highest BCUT2D eigenvalue weighted by molar-refractivity contribution is 5.96. The van der Waals surface area contributed by atoms with Gasteiger partial charge >= 0.3 is 11.9 Å². The first-order chi connectivity index (χ1) is 12.9. The Labute approximate surface area is 153 Å². The number of rotatable bonds is 5. The molecule has 9 heteroatoms. The number of esters is 1. The van der Waals surface area contributed by atoms with E-state index in [1.165, 1.54) is 30.0 Å². The second-order valence-electron chi connectivity index (χ2n) is 5.74. The molecule has 9 nitrogen and oxygen atoms in total. The van der Waals surface area contributed by atoms with E-state index in [0.717, 1.165) is 5.56 Å². The lowest BCUT2D eigenvalue weighted by molar-refractivity contribution is 0.0599. The van der Waals surface area contributed by atoms with E-state index in [1.807, 2.05) is 0 Å². The van der Waals surface area contributed by atoms with Crippen LogP contribution in [0.2, 0.25) is 0 Å². The number of hydrogen-bond donors (Lipinski definition) is 2. The van der Waals surface area contributed by atoms with E-state index in [0.29, 0.717) is 5.56 Å². The molecule has 2 aromatic heterocycles. The number of amides is 1. The molecule has 1 amide bonds. The van der Waals surface area contributed by atoms with Gasteiger partial charge in [-0.25, -0.2) is 19.6 Å². The summed E-state index contributed by atoms with van der Waals surface area (Å²) in [4.78, 5) is 43.4. The second-order valence-corrected chi connectivity index (χ2v) is 5.74. The summed E-state index contributed by atoms with van der Waals surface area (Å²) in [5, 5.41) is 12.1. The number of carbonyl (C=O) groups excluding carboxylic acids is 2. The number of hydrogen-bond acceptors (Lipinski definition) is 6. The van der Waals surface area contributed by atoms with E-state index < -0.39 is 23.9 Å². The van der Waals surface area contributed by atoms with Crippen LogP contribution < -0.4 is 5.32 Å². The van der Waals surface area contributed by atoms with Crippen LogP contribution in [0.3, 0.4) is 0 Å². The molecule has 0 spiro atoms. The van der Waals surface area contributed by atoms with Gasteiger partial charge in [0.1, 0.15) is 11.4 Å². The van der Waals surface area contributed by atoms with Gasteiger partial charge in [0.2, 0.25) is 5.78 Å². The predicted molar refractivity (Wildman–Crippen MR) is 93.6 cm³/mol. The highest BCUT2D eigenvalue weighted by atomic mass is 16.5. The second kappa shape index (κ2) is 7.24. The molecule has 0 bridgehead atoms. The van der Waals surface area contributed by atoms with Gasteiger partial charge in [0, 0.05) is 18.5 Å². The van der Waals surface area contributed by atoms with Crippen molar-refractivity contribution in [3.63, 3.8) is 0 Å². The van der Waals surface area contributed by atoms with Crippen molar-refractivity contribution in [3.05, 3.63) is 65.2 Å². The lowest BCUT2D eigenvalue weighted by Crippen LogP contribution is -2.28. The third-order valence-electron chi connectivity index (χ3n) is 4.01. The van der Waals surface area contributed by atoms with Crippen molar-refractivity contribution in [1.82, 2.24) is 19.7 Å². The van der Waals surface area contributed by atoms with Gasteiger partial charge < -0.3 is 15.2 Å². The first-order valence-electron chi connectivity index (χ1n) is 7.97. The molecular weight excluding hydrogens is 352 g/mol. The molecule has 3 rings (SSSR count). The average Bonchev–Trinajstić information content (AvgIpc) is 3.15. The van der Waals surface area contributed by atoms with Gasteiger partial charge in [0.25, 0.3) is 5.91 Å². The molecule has 138 valence electrons. The number of methoxy groups -OCH3 is 1. The van der Waals surface area contributed by atoms with Crippen LogP contribution in [0.15, 0.2) is 42.7 Å². The zero-order chi connectivity index (χ0) is 19.6. The van der Waals surface area contributed by atoms with Gasteiger partial charge in [0.15, 0.2) is 0 Å². The van der Waals surface area contributed by atoms with Crippen LogP contribution in [-0.4, -0.2) is 44.4 Å². The van der Waals surface area contributed by atoms with Crippen LogP contribution in [0.25, 0.3) is 5.78 Å². The summed E-state index contributed by atoms with van der Waals surface area (Å²) in [6, 6.07) is 7.40. The molecule has 3 aromatic rings. The van der Waals surface area contributed by atoms with Crippen LogP contribution in [-0.2, 0) is 4.74 Å². The Morgan fingerprint density at radius 2 is 1.93 bits per heavy atom. The molecule has 0 saturated heterocycles. The zero-order valence-electron chi connectivity index (χ0n) is 14.5. The molecule has 0 aliphatic carbocycles. The van der Waals surface area contributed by atoms with Crippen molar-refractivity contribution in [3.8, 4) is 0 Å². The normalized spacial score (nSPS) is 11.8. The smallest absolute Gasteiger partial charge is 0.353 e. The number of nitrogens with one attached hydrogen (secondary N) is 1. The highest BCUT2D eigenvalue weighted by Crippen LogP contribution is 2.15. The number of benzene rings is 1. The van der Waals surface area contributed by atoms with Crippen LogP contribution in [0, 0.1) is 0 Å². The predicted octanol–water partition coefficient (Wildman–Crippen LogP) is 1.71. The van der Waals surface area contributed by atoms with Gasteiger partial charge in [-0.1, -0.05) is 12.1 Å². The van der Waals surface area contributed by atoms with Crippen LogP contribution in [0.4, 0.5) is 0 Å². The maximum atomic E-state index is 12.5. The van der Waals surface area contributed by atoms with E-state index in [9.17, 15) is 19.5 Å². The average molecular weight is 368 g/mol. The summed E-state index contributed by atoms with van der Waals surface area (Å²) in [6.07, 6.45) is 2.86. The van der Waals surface area contributed by atoms with E-state index in [4.69, 9.17) is 0 Å². The first-order valence-corrected chi connectivity index (χ1v) is 7.97. The quantitative estimate of drug-likeness (QED) is 0.657. The Morgan fingerprint density at radius 3 is 2.56 bits per heavy atom. The van der Waals surface area contributed by atoms with Crippen molar-refractivity contribution in [2.45, 2.75) is 13.0 Å². The number of carbonyl (C=O) groups is 3. The number of aromatic carboxylic acids is 1. The number of nitrogens with zero attached hydrogens (tertiary/aromatic N) is 3. The van der Waals surface area contributed by atoms with E-state index >= 15 is 0 Å². The molecule has 0 saturated carbocycles. The van der Waals surface area contributed by atoms with Gasteiger partial charge in [-0.15, -0.1) is 0 Å². The Bertz CT molecular complexity index is 1030. The molecule has 0 radical (unpaired) electrons. The number of aromatic nitrogens is 3. The molecule has 0 fully saturated rings. The van der Waals surface area contributed by atoms with E-state index in [2.05, 4.69) is 20.0 Å². The SMILES string of the molecule is COC(=O)c1ccc([C@@H](C)NC(=O)c2cc(C(=O)O)n3ccnc3n2)cc1. The Morgan fingerprint density at radius 1 is 1.22 bits per heavy atom. The largest absolute Gasteiger partial charge is 0.477 e. The van der Waals surface area contributed by atoms with E-state index in [1.54, 1.807) is 31.2 Å². The first kappa shape index (κ1) is 18.1. The highest BCUT2D eigenvalue weighted by Gasteiger charge is 2.18. The van der Waals surface area contributed by atoms with Crippen molar-refractivity contribution >= 4 is 23.6 Å². The lowest BCUT2D eigenvalue weighted by atomic mass is 10.1. The third-order valence-corrected chi connectivity index (χ3v) is 4.01. The van der Waals surface area contributed by atoms with Crippen LogP contribution in [0.5, 0.6) is 0 Å². The van der Waals surface area contributed by atoms with Crippen molar-refractivity contribution in [2.24, 2.45) is 0 Å². The summed E-state index contributed by atoms with van der Waals surface area (Å²) < 4.78 is 5.93. The molecule has 0 aliphatic heterocycles. The van der Waals surface area contributed by atoms with Gasteiger partial charge in [-0.3, -0.25) is 9.20 Å². The van der Waals surface area contributed by atoms with Crippen molar-refractivity contribution in [2.75, 3.05) is 7.11 Å². The Hall–Kier alpha value is -3.75. The number of carboxylic acid groups (broad SMARTS) is 1. The number of imidazole rings is 1. The third kappa shape index (κ3) is 3.61. The number of fused-ring (bicyclic) bond motifs is 1. The summed E-state index contributed by atoms with van der Waals surface area (Å²) in [5.74, 6) is -2.06. The molecule has 0 aliphatic rings. The Balaban J connectivity index is 1.81. The minimum Gasteiger partial charge on any atom is -0.477 e. The summed E-state index contributed by atoms with van der Waals surface area (Å²) in [5.41, 5.74) is 0.996. The van der Waals surface area contributed by atoms with Crippen molar-refractivity contribution < 1.29 is 24.2 Å². The van der Waals surface area contributed by atoms with Gasteiger partial charge in [0.05, 0.1) is 18.7 Å². The van der Waals surface area contributed by atoms with Crippen LogP contribution >= 0.6 is 0 Å². The monoisotopic (exact) mass is 368 g/mol. The van der Waals surface area contributed by atoms with Gasteiger partial charge in [-0.2, -0.15) is 0 Å². The van der Waals surface area contributed by atoms with Gasteiger partial charge in [-0.05, 0) is 24.6 Å². The molecule has 27 heavy (non-hydrogen) atoms. The molecule has 1 atom stereocenters. The maximum absolute atomic E-state index is 12.5. The minimum atomic E-state index is -1.19. The zero-order valence-corrected chi connectivity index (χ0v) is 14.5. The fraction of sp³-hybridized carbons (Fsp3) is 0.167. The molecule has 2 N–H and O–H groups in total. The number of ether oxygens (including phenoxy) is 1. The van der Waals surface area contributed by atoms with Crippen molar-refractivity contribution in [1.29, 1.82) is 0 Å². The maximum Gasteiger partial charge on any atom is 0.353 e. The van der Waals surface area contributed by atoms with E-state index in [-0.39, 0.29) is 17.2 Å². The summed E-state index contributed by atoms with van der Waals surface area (Å²) in [6.45, 7) is 1.76. The fourth-order valence-electron chi connectivity index (χ4n) is 2.57. The molecule has 2 heterocycles. The summed E-state index contributed by atoms with van der Waals surface area (Å²) in [7, 11) is 1.30. The number of carboxylic acids is 1. The van der Waals surface area contributed by atoms with Crippen LogP contribution in [0.1, 0.15) is 49.9 Å². The molecule has 0 unspecified atom stereocenters. The minimum absolute atomic E-state index is 0.0517. The summed E-state index contributed by atoms with van der Waals surface area (Å²) >= 11 is 0. The topological polar surface area (TPSA) is 123 Å². The molecule has 1 aromatic carbocycles.